The summed E-state index contributed by atoms with van der Waals surface area (Å²) in [5.74, 6) is 0.581. The van der Waals surface area contributed by atoms with Gasteiger partial charge in [-0.2, -0.15) is 9.97 Å². The number of aryl methyl sites for hydroxylation is 1. The molecule has 0 aliphatic rings. The topological polar surface area (TPSA) is 52.1 Å². The molecule has 0 saturated heterocycles. The van der Waals surface area contributed by atoms with E-state index in [0.29, 0.717) is 21.2 Å². The molecule has 0 saturated carbocycles. The van der Waals surface area contributed by atoms with Gasteiger partial charge >= 0.3 is 0 Å². The van der Waals surface area contributed by atoms with E-state index in [-0.39, 0.29) is 0 Å². The maximum atomic E-state index is 5.07. The minimum absolute atomic E-state index is 0.474. The van der Waals surface area contributed by atoms with E-state index < -0.39 is 0 Å². The maximum absolute atomic E-state index is 5.07. The lowest BCUT2D eigenvalue weighted by Gasteiger charge is -1.73. The lowest BCUT2D eigenvalue weighted by atomic mass is 10.8. The van der Waals surface area contributed by atoms with Crippen molar-refractivity contribution in [3.8, 4) is 0 Å². The minimum Gasteiger partial charge on any atom is -0.420 e. The first-order chi connectivity index (χ1) is 4.75. The average molecular weight is 250 g/mol. The van der Waals surface area contributed by atoms with E-state index in [9.17, 15) is 0 Å². The minimum atomic E-state index is 0.474. The Balaban J connectivity index is 2.83. The molecular weight excluding hydrogens is 247 g/mol. The van der Waals surface area contributed by atoms with Crippen LogP contribution >= 0.6 is 22.6 Å². The second-order valence-electron chi connectivity index (χ2n) is 1.81. The Kier molecular flexibility index (Phi) is 1.19. The van der Waals surface area contributed by atoms with Crippen molar-refractivity contribution in [2.75, 3.05) is 0 Å². The van der Waals surface area contributed by atoms with Crippen molar-refractivity contribution in [1.82, 2.24) is 9.97 Å². The van der Waals surface area contributed by atoms with Crippen molar-refractivity contribution in [2.45, 2.75) is 6.92 Å². The summed E-state index contributed by atoms with van der Waals surface area (Å²) in [6, 6.07) is 0. The molecule has 52 valence electrons. The number of hydrogen-bond donors (Lipinski definition) is 0. The largest absolute Gasteiger partial charge is 0.420 e. The number of hydrogen-bond acceptors (Lipinski definition) is 4. The van der Waals surface area contributed by atoms with Gasteiger partial charge in [-0.25, -0.2) is 0 Å². The third kappa shape index (κ3) is 0.808. The predicted octanol–water partition coefficient (Wildman–Crippen LogP) is 1.73. The van der Waals surface area contributed by atoms with Gasteiger partial charge in [-0.15, -0.1) is 0 Å². The number of rotatable bonds is 0. The molecule has 2 heterocycles. The molecule has 2 aromatic heterocycles. The Bertz CT molecular complexity index is 301. The molecule has 4 nitrogen and oxygen atoms in total. The van der Waals surface area contributed by atoms with Crippen LogP contribution < -0.4 is 0 Å². The van der Waals surface area contributed by atoms with Gasteiger partial charge in [0.2, 0.25) is 0 Å². The molecule has 0 bridgehead atoms. The number of fused-ring (bicyclic) bond motifs is 1. The van der Waals surface area contributed by atoms with Crippen LogP contribution in [-0.4, -0.2) is 9.97 Å². The highest BCUT2D eigenvalue weighted by molar-refractivity contribution is 14.1. The molecular formula is C5H3IN2O2. The quantitative estimate of drug-likeness (QED) is 0.668. The highest BCUT2D eigenvalue weighted by Gasteiger charge is 2.08. The van der Waals surface area contributed by atoms with E-state index in [0.717, 1.165) is 0 Å². The van der Waals surface area contributed by atoms with Crippen LogP contribution in [0.5, 0.6) is 0 Å². The number of halogens is 1. The van der Waals surface area contributed by atoms with Gasteiger partial charge in [0.15, 0.2) is 5.89 Å². The fourth-order valence-corrected chi connectivity index (χ4v) is 1.14. The monoisotopic (exact) mass is 250 g/mol. The molecule has 0 spiro atoms. The molecule has 0 amide bonds. The van der Waals surface area contributed by atoms with E-state index >= 15 is 0 Å². The molecule has 0 unspecified atom stereocenters. The van der Waals surface area contributed by atoms with Crippen molar-refractivity contribution in [3.05, 3.63) is 9.79 Å². The third-order valence-corrected chi connectivity index (χ3v) is 1.52. The lowest BCUT2D eigenvalue weighted by Crippen LogP contribution is -1.66. The molecule has 0 fully saturated rings. The van der Waals surface area contributed by atoms with Crippen molar-refractivity contribution in [3.63, 3.8) is 0 Å². The molecule has 0 aliphatic carbocycles. The Morgan fingerprint density at radius 3 is 2.60 bits per heavy atom. The second-order valence-corrected chi connectivity index (χ2v) is 2.73. The summed E-state index contributed by atoms with van der Waals surface area (Å²) in [5.41, 5.74) is 0.948. The van der Waals surface area contributed by atoms with Gasteiger partial charge in [0.25, 0.3) is 15.3 Å². The number of aromatic nitrogens is 2. The Labute approximate surface area is 69.8 Å². The van der Waals surface area contributed by atoms with Crippen molar-refractivity contribution < 1.29 is 8.83 Å². The summed E-state index contributed by atoms with van der Waals surface area (Å²) in [5, 5.41) is 0. The van der Waals surface area contributed by atoms with Crippen LogP contribution in [0.3, 0.4) is 0 Å². The zero-order valence-electron chi connectivity index (χ0n) is 5.09. The molecule has 0 N–H and O–H groups in total. The Hall–Kier alpha value is -0.590. The van der Waals surface area contributed by atoms with Crippen molar-refractivity contribution in [1.29, 1.82) is 0 Å². The van der Waals surface area contributed by atoms with Crippen LogP contribution in [-0.2, 0) is 0 Å². The normalized spacial score (nSPS) is 11.0. The zero-order valence-corrected chi connectivity index (χ0v) is 7.25. The standard InChI is InChI=1S/C5H3IN2O2/c1-2-7-3-4(9-2)8-5(6)10-3/h1H3. The first-order valence-electron chi connectivity index (χ1n) is 2.65. The van der Waals surface area contributed by atoms with Gasteiger partial charge in [-0.05, 0) is 0 Å². The second kappa shape index (κ2) is 1.94. The Morgan fingerprint density at radius 1 is 1.20 bits per heavy atom. The fourth-order valence-electron chi connectivity index (χ4n) is 0.717. The number of nitrogens with zero attached hydrogens (tertiary/aromatic N) is 2. The van der Waals surface area contributed by atoms with E-state index in [2.05, 4.69) is 9.97 Å². The summed E-state index contributed by atoms with van der Waals surface area (Å²) in [4.78, 5) is 7.86. The van der Waals surface area contributed by atoms with E-state index in [1.165, 1.54) is 0 Å². The van der Waals surface area contributed by atoms with Crippen LogP contribution in [0.4, 0.5) is 0 Å². The summed E-state index contributed by atoms with van der Waals surface area (Å²) < 4.78 is 10.7. The summed E-state index contributed by atoms with van der Waals surface area (Å²) in [6.45, 7) is 1.75. The molecule has 0 radical (unpaired) electrons. The van der Waals surface area contributed by atoms with Gasteiger partial charge in [-0.1, -0.05) is 0 Å². The summed E-state index contributed by atoms with van der Waals surface area (Å²) in [7, 11) is 0. The average Bonchev–Trinajstić information content (AvgIpc) is 2.21. The molecule has 10 heavy (non-hydrogen) atoms. The van der Waals surface area contributed by atoms with Crippen molar-refractivity contribution in [2.24, 2.45) is 0 Å². The SMILES string of the molecule is Cc1nc2oc(I)nc2o1. The van der Waals surface area contributed by atoms with Crippen LogP contribution in [0.25, 0.3) is 11.4 Å². The summed E-state index contributed by atoms with van der Waals surface area (Å²) in [6.07, 6.45) is 0. The molecule has 0 aromatic carbocycles. The van der Waals surface area contributed by atoms with Gasteiger partial charge in [0, 0.05) is 29.5 Å². The lowest BCUT2D eigenvalue weighted by molar-refractivity contribution is 0.533. The highest BCUT2D eigenvalue weighted by Crippen LogP contribution is 2.16. The fraction of sp³-hybridized carbons (Fsp3) is 0.200. The first kappa shape index (κ1) is 6.14. The predicted molar refractivity (Wildman–Crippen MR) is 41.5 cm³/mol. The van der Waals surface area contributed by atoms with Gasteiger partial charge < -0.3 is 8.83 Å². The highest BCUT2D eigenvalue weighted by atomic mass is 127. The molecule has 2 rings (SSSR count). The smallest absolute Gasteiger partial charge is 0.288 e. The van der Waals surface area contributed by atoms with E-state index in [1.807, 2.05) is 22.6 Å². The number of oxazole rings is 2. The Morgan fingerprint density at radius 2 is 1.90 bits per heavy atom. The molecule has 0 atom stereocenters. The first-order valence-corrected chi connectivity index (χ1v) is 3.73. The molecule has 5 heteroatoms. The maximum Gasteiger partial charge on any atom is 0.288 e. The van der Waals surface area contributed by atoms with Crippen LogP contribution in [0.15, 0.2) is 8.83 Å². The van der Waals surface area contributed by atoms with Gasteiger partial charge in [0.1, 0.15) is 0 Å². The molecule has 2 aromatic rings. The van der Waals surface area contributed by atoms with Gasteiger partial charge in [-0.3, -0.25) is 0 Å². The van der Waals surface area contributed by atoms with E-state index in [4.69, 9.17) is 8.83 Å². The van der Waals surface area contributed by atoms with Gasteiger partial charge in [0.05, 0.1) is 0 Å². The van der Waals surface area contributed by atoms with Crippen LogP contribution in [0, 0.1) is 10.8 Å². The third-order valence-electron chi connectivity index (χ3n) is 1.06. The molecule has 0 aliphatic heterocycles. The van der Waals surface area contributed by atoms with Crippen molar-refractivity contribution >= 4 is 34.0 Å². The zero-order chi connectivity index (χ0) is 7.14. The van der Waals surface area contributed by atoms with E-state index in [1.54, 1.807) is 6.92 Å². The van der Waals surface area contributed by atoms with Crippen LogP contribution in [0.1, 0.15) is 5.89 Å². The summed E-state index contributed by atoms with van der Waals surface area (Å²) >= 11 is 1.96. The van der Waals surface area contributed by atoms with Crippen LogP contribution in [0.2, 0.25) is 0 Å².